The van der Waals surface area contributed by atoms with Crippen LogP contribution in [0.25, 0.3) is 197 Å². The van der Waals surface area contributed by atoms with Crippen LogP contribution in [0.4, 0.5) is 0 Å². The van der Waals surface area contributed by atoms with Crippen molar-refractivity contribution in [2.24, 2.45) is 0 Å². The molecule has 0 fully saturated rings. The van der Waals surface area contributed by atoms with Crippen LogP contribution in [0.15, 0.2) is 340 Å². The lowest BCUT2D eigenvalue weighted by Crippen LogP contribution is -2.00. The van der Waals surface area contributed by atoms with Crippen LogP contribution in [0.3, 0.4) is 0 Å². The maximum absolute atomic E-state index is 5.43. The van der Waals surface area contributed by atoms with Crippen LogP contribution in [0.1, 0.15) is 0 Å². The van der Waals surface area contributed by atoms with Crippen LogP contribution in [0.5, 0.6) is 0 Å². The Labute approximate surface area is 585 Å². The highest BCUT2D eigenvalue weighted by Gasteiger charge is 2.22. The van der Waals surface area contributed by atoms with E-state index in [0.29, 0.717) is 34.9 Å². The molecule has 466 valence electrons. The molecule has 0 saturated heterocycles. The summed E-state index contributed by atoms with van der Waals surface area (Å²) in [7, 11) is 0. The Morgan fingerprint density at radius 2 is 0.450 bits per heavy atom. The highest BCUT2D eigenvalue weighted by atomic mass is 32.1. The molecule has 0 atom stereocenters. The van der Waals surface area contributed by atoms with Gasteiger partial charge in [0.05, 0.1) is 0 Å². The Morgan fingerprint density at radius 3 is 0.930 bits per heavy atom. The minimum absolute atomic E-state index is 0.591. The molecular formula is C92H56N6S2. The van der Waals surface area contributed by atoms with E-state index in [-0.39, 0.29) is 0 Å². The summed E-state index contributed by atoms with van der Waals surface area (Å²) in [5, 5.41) is 9.60. The van der Waals surface area contributed by atoms with Crippen LogP contribution in [0, 0.1) is 0 Å². The van der Waals surface area contributed by atoms with Gasteiger partial charge < -0.3 is 0 Å². The van der Waals surface area contributed by atoms with Gasteiger partial charge in [0.2, 0.25) is 0 Å². The van der Waals surface area contributed by atoms with E-state index in [4.69, 9.17) is 29.9 Å². The van der Waals surface area contributed by atoms with Gasteiger partial charge in [0.15, 0.2) is 34.9 Å². The first-order chi connectivity index (χ1) is 49.5. The quantitative estimate of drug-likeness (QED) is 0.113. The highest BCUT2D eigenvalue weighted by Crippen LogP contribution is 2.47. The van der Waals surface area contributed by atoms with E-state index in [1.165, 1.54) is 64.7 Å². The lowest BCUT2D eigenvalue weighted by Gasteiger charge is -2.18. The molecule has 19 aromatic rings. The predicted molar refractivity (Wildman–Crippen MR) is 419 cm³/mol. The van der Waals surface area contributed by atoms with Crippen LogP contribution in [-0.2, 0) is 0 Å². The summed E-state index contributed by atoms with van der Waals surface area (Å²) >= 11 is 3.54. The molecule has 4 heterocycles. The van der Waals surface area contributed by atoms with E-state index in [1.807, 2.05) is 18.2 Å². The second kappa shape index (κ2) is 24.7. The molecule has 0 N–H and O–H groups in total. The Bertz CT molecular complexity index is 6360. The van der Waals surface area contributed by atoms with Crippen molar-refractivity contribution in [1.29, 1.82) is 0 Å². The molecule has 0 unspecified atom stereocenters. The highest BCUT2D eigenvalue weighted by molar-refractivity contribution is 7.26. The van der Waals surface area contributed by atoms with Gasteiger partial charge in [0, 0.05) is 73.7 Å². The molecule has 19 rings (SSSR count). The number of fused-ring (bicyclic) bond motifs is 8. The summed E-state index contributed by atoms with van der Waals surface area (Å²) in [6.45, 7) is 0. The van der Waals surface area contributed by atoms with Gasteiger partial charge in [-0.25, -0.2) is 29.9 Å². The van der Waals surface area contributed by atoms with Gasteiger partial charge in [0.1, 0.15) is 0 Å². The number of thiophene rings is 2. The normalized spacial score (nSPS) is 11.6. The van der Waals surface area contributed by atoms with Crippen molar-refractivity contribution in [3.8, 4) is 135 Å². The number of rotatable bonds is 12. The first kappa shape index (κ1) is 58.6. The lowest BCUT2D eigenvalue weighted by atomic mass is 9.85. The standard InChI is InChI=1S/C92H56N6S2/c1-4-23-57(24-5-1)60-29-16-30-61(51-60)63-32-18-36-68(53-63)88-93-87(59-27-8-3-9-28-59)95-91(96-88)80-47-22-45-78-72-50-49-66(56-82(72)100-86(78)80)65-34-20-38-70(55-65)90-94-89(97-92(98-90)79-46-21-44-77-71-39-14-15-48-81(71)99-85(77)79)69-37-19-33-64(54-69)62-31-17-35-67(52-62)84-75-42-12-10-40-73(75)83(58-25-6-2-7-26-58)74-41-11-13-43-76(74)84/h1-56H. The van der Waals surface area contributed by atoms with Crippen LogP contribution in [-0.4, -0.2) is 29.9 Å². The van der Waals surface area contributed by atoms with E-state index in [0.717, 1.165) is 97.4 Å². The minimum atomic E-state index is 0.591. The number of aromatic nitrogens is 6. The maximum atomic E-state index is 5.43. The summed E-state index contributed by atoms with van der Waals surface area (Å²) in [6.07, 6.45) is 0. The van der Waals surface area contributed by atoms with Gasteiger partial charge in [-0.3, -0.25) is 0 Å². The zero-order chi connectivity index (χ0) is 66.0. The molecule has 0 aliphatic heterocycles. The number of nitrogens with zero attached hydrogens (tertiary/aromatic N) is 6. The number of hydrogen-bond donors (Lipinski definition) is 0. The molecule has 0 bridgehead atoms. The average Bonchev–Trinajstić information content (AvgIpc) is 0.879. The summed E-state index contributed by atoms with van der Waals surface area (Å²) in [4.78, 5) is 32.0. The number of hydrogen-bond acceptors (Lipinski definition) is 8. The predicted octanol–water partition coefficient (Wildman–Crippen LogP) is 25.1. The summed E-state index contributed by atoms with van der Waals surface area (Å²) < 4.78 is 4.63. The van der Waals surface area contributed by atoms with Crippen LogP contribution >= 0.6 is 22.7 Å². The van der Waals surface area contributed by atoms with Crippen LogP contribution in [0.2, 0.25) is 0 Å². The molecule has 4 aromatic heterocycles. The molecule has 0 amide bonds. The first-order valence-corrected chi connectivity index (χ1v) is 35.2. The molecule has 100 heavy (non-hydrogen) atoms. The molecule has 8 heteroatoms. The summed E-state index contributed by atoms with van der Waals surface area (Å²) in [5.41, 5.74) is 19.2. The largest absolute Gasteiger partial charge is 0.208 e. The van der Waals surface area contributed by atoms with E-state index in [2.05, 4.69) is 322 Å². The summed E-state index contributed by atoms with van der Waals surface area (Å²) in [5.74, 6) is 3.65. The molecule has 0 radical (unpaired) electrons. The van der Waals surface area contributed by atoms with E-state index in [1.54, 1.807) is 22.7 Å². The van der Waals surface area contributed by atoms with Crippen molar-refractivity contribution >= 4 is 84.6 Å². The average molecular weight is 1310 g/mol. The first-order valence-electron chi connectivity index (χ1n) is 33.5. The molecule has 0 spiro atoms. The van der Waals surface area contributed by atoms with Crippen molar-refractivity contribution in [1.82, 2.24) is 29.9 Å². The third-order valence-electron chi connectivity index (χ3n) is 19.2. The zero-order valence-electron chi connectivity index (χ0n) is 53.8. The lowest BCUT2D eigenvalue weighted by molar-refractivity contribution is 1.08. The smallest absolute Gasteiger partial charge is 0.165 e. The third kappa shape index (κ3) is 10.6. The van der Waals surface area contributed by atoms with Gasteiger partial charge in [-0.15, -0.1) is 22.7 Å². The monoisotopic (exact) mass is 1310 g/mol. The third-order valence-corrected chi connectivity index (χ3v) is 21.6. The molecule has 15 aromatic carbocycles. The fourth-order valence-electron chi connectivity index (χ4n) is 14.4. The Hall–Kier alpha value is -12.7. The van der Waals surface area contributed by atoms with E-state index < -0.39 is 0 Å². The SMILES string of the molecule is c1ccc(-c2cccc(-c3cccc(-c4nc(-c5ccccc5)nc(-c5cccc6c5sc5cc(-c7cccc(-c8nc(-c9cccc(-c%10cccc(-c%11c%12ccccc%12c(-c%12ccccc%12)c%12ccccc%11%12)c%10)c9)nc(-c9cccc%10c9sc9ccccc9%10)n8)c7)ccc56)n4)c3)c2)cc1. The molecule has 0 saturated carbocycles. The van der Waals surface area contributed by atoms with Crippen molar-refractivity contribution in [2.75, 3.05) is 0 Å². The van der Waals surface area contributed by atoms with Crippen LogP contribution < -0.4 is 0 Å². The fraction of sp³-hybridized carbons (Fsp3) is 0. The van der Waals surface area contributed by atoms with Crippen molar-refractivity contribution in [3.05, 3.63) is 340 Å². The minimum Gasteiger partial charge on any atom is -0.208 e. The van der Waals surface area contributed by atoms with Crippen molar-refractivity contribution in [3.63, 3.8) is 0 Å². The number of benzene rings is 15. The van der Waals surface area contributed by atoms with Gasteiger partial charge in [-0.1, -0.05) is 285 Å². The molecule has 0 aliphatic carbocycles. The second-order valence-electron chi connectivity index (χ2n) is 25.2. The molecule has 6 nitrogen and oxygen atoms in total. The molecule has 0 aliphatic rings. The van der Waals surface area contributed by atoms with Gasteiger partial charge in [0.25, 0.3) is 0 Å². The Balaban J connectivity index is 0.698. The van der Waals surface area contributed by atoms with Crippen molar-refractivity contribution in [2.45, 2.75) is 0 Å². The maximum Gasteiger partial charge on any atom is 0.165 e. The van der Waals surface area contributed by atoms with Gasteiger partial charge in [-0.2, -0.15) is 0 Å². The van der Waals surface area contributed by atoms with E-state index in [9.17, 15) is 0 Å². The van der Waals surface area contributed by atoms with Crippen molar-refractivity contribution < 1.29 is 0 Å². The van der Waals surface area contributed by atoms with E-state index >= 15 is 0 Å². The van der Waals surface area contributed by atoms with Gasteiger partial charge in [-0.05, 0) is 143 Å². The Morgan fingerprint density at radius 1 is 0.160 bits per heavy atom. The topological polar surface area (TPSA) is 77.3 Å². The Kier molecular flexibility index (Phi) is 14.5. The molecular weight excluding hydrogens is 1250 g/mol. The fourth-order valence-corrected chi connectivity index (χ4v) is 16.9. The zero-order valence-corrected chi connectivity index (χ0v) is 55.5. The summed E-state index contributed by atoms with van der Waals surface area (Å²) in [6, 6.07) is 121. The second-order valence-corrected chi connectivity index (χ2v) is 27.3. The van der Waals surface area contributed by atoms with Gasteiger partial charge >= 0.3 is 0 Å².